The average molecular weight is 247 g/mol. The number of aromatic nitrogens is 4. The number of tetrazole rings is 1. The van der Waals surface area contributed by atoms with Crippen LogP contribution in [-0.2, 0) is 6.54 Å². The van der Waals surface area contributed by atoms with Crippen LogP contribution in [0.15, 0.2) is 24.3 Å². The van der Waals surface area contributed by atoms with E-state index >= 15 is 0 Å². The number of hydrogen-bond donors (Lipinski definition) is 1. The van der Waals surface area contributed by atoms with Gasteiger partial charge in [-0.2, -0.15) is 4.80 Å². The molecular weight excluding hydrogens is 233 g/mol. The van der Waals surface area contributed by atoms with E-state index in [4.69, 9.17) is 0 Å². The van der Waals surface area contributed by atoms with Crippen molar-refractivity contribution in [2.24, 2.45) is 0 Å². The lowest BCUT2D eigenvalue weighted by molar-refractivity contribution is 0.554. The second-order valence-electron chi connectivity index (χ2n) is 4.46. The molecule has 1 aromatic carbocycles. The molecule has 3 rings (SSSR count). The third-order valence-corrected chi connectivity index (χ3v) is 3.05. The van der Waals surface area contributed by atoms with Crippen molar-refractivity contribution in [3.05, 3.63) is 41.5 Å². The third kappa shape index (κ3) is 2.38. The van der Waals surface area contributed by atoms with Crippen LogP contribution in [0.25, 0.3) is 0 Å². The topological polar surface area (TPSA) is 55.6 Å². The van der Waals surface area contributed by atoms with Gasteiger partial charge >= 0.3 is 0 Å². The molecule has 2 aromatic rings. The SMILES string of the molecule is Fc1cccc(Cn2nnc(C3CCCN3)n2)c1. The summed E-state index contributed by atoms with van der Waals surface area (Å²) in [6, 6.07) is 6.65. The zero-order chi connectivity index (χ0) is 12.4. The molecule has 5 nitrogen and oxygen atoms in total. The highest BCUT2D eigenvalue weighted by atomic mass is 19.1. The third-order valence-electron chi connectivity index (χ3n) is 3.05. The van der Waals surface area contributed by atoms with E-state index in [1.807, 2.05) is 6.07 Å². The lowest BCUT2D eigenvalue weighted by atomic mass is 10.2. The smallest absolute Gasteiger partial charge is 0.191 e. The number of halogens is 1. The molecule has 94 valence electrons. The summed E-state index contributed by atoms with van der Waals surface area (Å²) in [4.78, 5) is 1.50. The lowest BCUT2D eigenvalue weighted by Gasteiger charge is -2.02. The van der Waals surface area contributed by atoms with Gasteiger partial charge in [-0.25, -0.2) is 4.39 Å². The van der Waals surface area contributed by atoms with Gasteiger partial charge in [0.1, 0.15) is 5.82 Å². The normalized spacial score (nSPS) is 19.3. The van der Waals surface area contributed by atoms with Gasteiger partial charge < -0.3 is 5.32 Å². The first-order valence-electron chi connectivity index (χ1n) is 6.07. The Hall–Kier alpha value is -1.82. The van der Waals surface area contributed by atoms with Gasteiger partial charge in [0.25, 0.3) is 0 Å². The van der Waals surface area contributed by atoms with Gasteiger partial charge in [0.2, 0.25) is 0 Å². The summed E-state index contributed by atoms with van der Waals surface area (Å²) in [6.07, 6.45) is 2.19. The van der Waals surface area contributed by atoms with Gasteiger partial charge in [-0.3, -0.25) is 0 Å². The van der Waals surface area contributed by atoms with Crippen LogP contribution >= 0.6 is 0 Å². The summed E-state index contributed by atoms with van der Waals surface area (Å²) in [5.41, 5.74) is 0.832. The van der Waals surface area contributed by atoms with Crippen molar-refractivity contribution < 1.29 is 4.39 Å². The highest BCUT2D eigenvalue weighted by molar-refractivity contribution is 5.16. The number of rotatable bonds is 3. The minimum atomic E-state index is -0.245. The van der Waals surface area contributed by atoms with E-state index in [0.717, 1.165) is 30.8 Å². The van der Waals surface area contributed by atoms with Crippen LogP contribution in [0.2, 0.25) is 0 Å². The van der Waals surface area contributed by atoms with Crippen molar-refractivity contribution >= 4 is 0 Å². The highest BCUT2D eigenvalue weighted by Gasteiger charge is 2.20. The largest absolute Gasteiger partial charge is 0.307 e. The molecule has 6 heteroatoms. The molecule has 18 heavy (non-hydrogen) atoms. The molecule has 2 heterocycles. The van der Waals surface area contributed by atoms with E-state index < -0.39 is 0 Å². The van der Waals surface area contributed by atoms with Crippen molar-refractivity contribution in [2.75, 3.05) is 6.54 Å². The Morgan fingerprint density at radius 3 is 3.17 bits per heavy atom. The molecule has 1 fully saturated rings. The summed E-state index contributed by atoms with van der Waals surface area (Å²) >= 11 is 0. The fourth-order valence-corrected chi connectivity index (χ4v) is 2.17. The fourth-order valence-electron chi connectivity index (χ4n) is 2.17. The summed E-state index contributed by atoms with van der Waals surface area (Å²) in [6.45, 7) is 1.45. The van der Waals surface area contributed by atoms with Crippen molar-refractivity contribution in [1.82, 2.24) is 25.5 Å². The van der Waals surface area contributed by atoms with Crippen LogP contribution in [0.3, 0.4) is 0 Å². The molecule has 0 spiro atoms. The summed E-state index contributed by atoms with van der Waals surface area (Å²) in [5.74, 6) is 0.481. The van der Waals surface area contributed by atoms with Gasteiger partial charge in [0.05, 0.1) is 12.6 Å². The standard InChI is InChI=1S/C12H14FN5/c13-10-4-1-3-9(7-10)8-18-16-12(15-17-18)11-5-2-6-14-11/h1,3-4,7,11,14H,2,5-6,8H2. The summed E-state index contributed by atoms with van der Waals surface area (Å²) in [5, 5.41) is 15.7. The number of hydrogen-bond acceptors (Lipinski definition) is 4. The van der Waals surface area contributed by atoms with Gasteiger partial charge in [-0.05, 0) is 42.3 Å². The van der Waals surface area contributed by atoms with Crippen molar-refractivity contribution in [1.29, 1.82) is 0 Å². The van der Waals surface area contributed by atoms with E-state index in [0.29, 0.717) is 6.54 Å². The second kappa shape index (κ2) is 4.81. The van der Waals surface area contributed by atoms with Crippen LogP contribution in [-0.4, -0.2) is 26.8 Å². The molecule has 1 saturated heterocycles. The highest BCUT2D eigenvalue weighted by Crippen LogP contribution is 2.18. The molecule has 1 aromatic heterocycles. The van der Waals surface area contributed by atoms with Crippen LogP contribution in [0.4, 0.5) is 4.39 Å². The fraction of sp³-hybridized carbons (Fsp3) is 0.417. The minimum Gasteiger partial charge on any atom is -0.307 e. The Kier molecular flexibility index (Phi) is 3.02. The molecule has 0 bridgehead atoms. The van der Waals surface area contributed by atoms with Gasteiger partial charge in [-0.15, -0.1) is 10.2 Å². The molecule has 1 aliphatic heterocycles. The zero-order valence-electron chi connectivity index (χ0n) is 9.88. The molecule has 0 amide bonds. The van der Waals surface area contributed by atoms with Gasteiger partial charge in [0.15, 0.2) is 5.82 Å². The van der Waals surface area contributed by atoms with Gasteiger partial charge in [-0.1, -0.05) is 12.1 Å². The predicted molar refractivity (Wildman–Crippen MR) is 63.3 cm³/mol. The summed E-state index contributed by atoms with van der Waals surface area (Å²) < 4.78 is 13.0. The number of nitrogens with one attached hydrogen (secondary N) is 1. The lowest BCUT2D eigenvalue weighted by Crippen LogP contribution is -2.14. The summed E-state index contributed by atoms with van der Waals surface area (Å²) in [7, 11) is 0. The molecule has 0 saturated carbocycles. The van der Waals surface area contributed by atoms with E-state index in [9.17, 15) is 4.39 Å². The van der Waals surface area contributed by atoms with Crippen molar-refractivity contribution in [3.8, 4) is 0 Å². The Labute approximate surface area is 104 Å². The van der Waals surface area contributed by atoms with Crippen LogP contribution in [0, 0.1) is 5.82 Å². The van der Waals surface area contributed by atoms with Crippen molar-refractivity contribution in [2.45, 2.75) is 25.4 Å². The van der Waals surface area contributed by atoms with E-state index in [1.165, 1.54) is 16.9 Å². The maximum absolute atomic E-state index is 13.0. The first-order chi connectivity index (χ1) is 8.81. The van der Waals surface area contributed by atoms with E-state index in [1.54, 1.807) is 6.07 Å². The number of benzene rings is 1. The molecule has 0 aliphatic carbocycles. The molecule has 1 atom stereocenters. The van der Waals surface area contributed by atoms with Crippen LogP contribution < -0.4 is 5.32 Å². The minimum absolute atomic E-state index is 0.214. The molecular formula is C12H14FN5. The molecule has 1 unspecified atom stereocenters. The van der Waals surface area contributed by atoms with Crippen molar-refractivity contribution in [3.63, 3.8) is 0 Å². The van der Waals surface area contributed by atoms with Crippen LogP contribution in [0.5, 0.6) is 0 Å². The van der Waals surface area contributed by atoms with E-state index in [2.05, 4.69) is 20.7 Å². The maximum Gasteiger partial charge on any atom is 0.191 e. The number of nitrogens with zero attached hydrogens (tertiary/aromatic N) is 4. The zero-order valence-corrected chi connectivity index (χ0v) is 9.88. The average Bonchev–Trinajstić information content (AvgIpc) is 2.98. The molecule has 0 radical (unpaired) electrons. The predicted octanol–water partition coefficient (Wildman–Crippen LogP) is 1.28. The first-order valence-corrected chi connectivity index (χ1v) is 6.07. The maximum atomic E-state index is 13.0. The molecule has 1 aliphatic rings. The quantitative estimate of drug-likeness (QED) is 0.887. The van der Waals surface area contributed by atoms with Gasteiger partial charge in [0, 0.05) is 0 Å². The Balaban J connectivity index is 1.73. The Bertz CT molecular complexity index is 533. The first kappa shape index (κ1) is 11.3. The van der Waals surface area contributed by atoms with Crippen LogP contribution in [0.1, 0.15) is 30.3 Å². The monoisotopic (exact) mass is 247 g/mol. The molecule has 1 N–H and O–H groups in total. The Morgan fingerprint density at radius 2 is 2.39 bits per heavy atom. The second-order valence-corrected chi connectivity index (χ2v) is 4.46. The van der Waals surface area contributed by atoms with E-state index in [-0.39, 0.29) is 11.9 Å². The Morgan fingerprint density at radius 1 is 1.44 bits per heavy atom.